The average Bonchev–Trinajstić information content (AvgIpc) is 2.89. The molecule has 1 aliphatic rings. The van der Waals surface area contributed by atoms with Crippen LogP contribution in [0.1, 0.15) is 46.9 Å². The van der Waals surface area contributed by atoms with Gasteiger partial charge in [-0.05, 0) is 67.6 Å². The van der Waals surface area contributed by atoms with E-state index < -0.39 is 12.2 Å². The number of hydrogen-bond donors (Lipinski definition) is 3. The number of carbonyl (C=O) groups excluding carboxylic acids is 2. The Bertz CT molecular complexity index is 983. The molecule has 3 atom stereocenters. The molecule has 0 aliphatic carbocycles. The van der Waals surface area contributed by atoms with E-state index in [-0.39, 0.29) is 25.1 Å². The molecule has 0 aromatic heterocycles. The number of ether oxygens (including phenoxy) is 3. The Labute approximate surface area is 218 Å². The molecule has 1 saturated heterocycles. The van der Waals surface area contributed by atoms with Gasteiger partial charge in [0.05, 0.1) is 13.7 Å². The van der Waals surface area contributed by atoms with Gasteiger partial charge in [-0.15, -0.1) is 0 Å². The Morgan fingerprint density at radius 2 is 1.94 bits per heavy atom. The molecule has 8 nitrogen and oxygen atoms in total. The Hall–Kier alpha value is -2.65. The van der Waals surface area contributed by atoms with E-state index in [1.165, 1.54) is 7.11 Å². The van der Waals surface area contributed by atoms with Crippen LogP contribution in [0.25, 0.3) is 0 Å². The fourth-order valence-corrected chi connectivity index (χ4v) is 4.60. The van der Waals surface area contributed by atoms with Crippen LogP contribution in [0.4, 0.5) is 4.79 Å². The molecule has 196 valence electrons. The minimum Gasteiger partial charge on any atom is -0.453 e. The number of alkyl carbamates (subject to hydrolysis) is 1. The van der Waals surface area contributed by atoms with E-state index >= 15 is 0 Å². The van der Waals surface area contributed by atoms with Crippen LogP contribution in [0.5, 0.6) is 0 Å². The predicted molar refractivity (Wildman–Crippen MR) is 139 cm³/mol. The predicted octanol–water partition coefficient (Wildman–Crippen LogP) is 3.94. The lowest BCUT2D eigenvalue weighted by molar-refractivity contribution is 0.0470. The summed E-state index contributed by atoms with van der Waals surface area (Å²) in [5.74, 6) is 0.314. The summed E-state index contributed by atoms with van der Waals surface area (Å²) in [6.45, 7) is 2.77. The Morgan fingerprint density at radius 3 is 2.64 bits per heavy atom. The Balaban J connectivity index is 1.73. The van der Waals surface area contributed by atoms with Gasteiger partial charge < -0.3 is 30.2 Å². The first-order valence-electron chi connectivity index (χ1n) is 12.3. The van der Waals surface area contributed by atoms with Gasteiger partial charge in [-0.3, -0.25) is 4.79 Å². The van der Waals surface area contributed by atoms with E-state index in [1.54, 1.807) is 12.1 Å². The molecule has 0 spiro atoms. The maximum atomic E-state index is 13.2. The number of benzene rings is 2. The van der Waals surface area contributed by atoms with E-state index in [4.69, 9.17) is 21.1 Å². The molecule has 3 rings (SSSR count). The van der Waals surface area contributed by atoms with Crippen LogP contribution < -0.4 is 16.0 Å². The van der Waals surface area contributed by atoms with Gasteiger partial charge in [0, 0.05) is 42.9 Å². The van der Waals surface area contributed by atoms with Crippen molar-refractivity contribution < 1.29 is 23.8 Å². The highest BCUT2D eigenvalue weighted by atomic mass is 35.5. The van der Waals surface area contributed by atoms with Crippen molar-refractivity contribution in [2.24, 2.45) is 5.92 Å². The number of amides is 2. The SMILES string of the molecule is CNCC(CC1CCCOC1)NC(=O)c1cccc(C(OCCNC(=O)OC)c2cccc(Cl)c2)c1. The van der Waals surface area contributed by atoms with Crippen molar-refractivity contribution in [2.45, 2.75) is 31.4 Å². The first-order chi connectivity index (χ1) is 17.5. The fourth-order valence-electron chi connectivity index (χ4n) is 4.40. The molecule has 36 heavy (non-hydrogen) atoms. The summed E-state index contributed by atoms with van der Waals surface area (Å²) < 4.78 is 16.4. The van der Waals surface area contributed by atoms with Gasteiger partial charge in [0.1, 0.15) is 6.10 Å². The van der Waals surface area contributed by atoms with Crippen molar-refractivity contribution in [1.29, 1.82) is 0 Å². The first kappa shape index (κ1) is 27.9. The number of halogens is 1. The molecule has 0 saturated carbocycles. The molecule has 1 fully saturated rings. The maximum absolute atomic E-state index is 13.2. The van der Waals surface area contributed by atoms with Crippen LogP contribution in [0.15, 0.2) is 48.5 Å². The van der Waals surface area contributed by atoms with Gasteiger partial charge in [-0.25, -0.2) is 4.79 Å². The van der Waals surface area contributed by atoms with Crippen LogP contribution in [0.3, 0.4) is 0 Å². The summed E-state index contributed by atoms with van der Waals surface area (Å²) in [6, 6.07) is 14.8. The van der Waals surface area contributed by atoms with Crippen LogP contribution in [-0.4, -0.2) is 65.1 Å². The van der Waals surface area contributed by atoms with Crippen molar-refractivity contribution in [2.75, 3.05) is 47.1 Å². The Kier molecular flexibility index (Phi) is 11.5. The maximum Gasteiger partial charge on any atom is 0.406 e. The summed E-state index contributed by atoms with van der Waals surface area (Å²) in [6.07, 6.45) is 2.06. The smallest absolute Gasteiger partial charge is 0.406 e. The summed E-state index contributed by atoms with van der Waals surface area (Å²) in [7, 11) is 3.20. The molecule has 1 heterocycles. The highest BCUT2D eigenvalue weighted by Crippen LogP contribution is 2.28. The zero-order valence-corrected chi connectivity index (χ0v) is 21.7. The van der Waals surface area contributed by atoms with Crippen molar-refractivity contribution in [3.05, 3.63) is 70.2 Å². The standard InChI is InChI=1S/C27H36ClN3O5/c1-29-17-24(14-19-6-5-12-35-18-19)31-26(32)22-9-3-7-20(15-22)25(21-8-4-10-23(28)16-21)36-13-11-30-27(33)34-2/h3-4,7-10,15-16,19,24-25,29H,5-6,11-14,17-18H2,1-2H3,(H,30,33)(H,31,32). The minimum absolute atomic E-state index is 0.00206. The lowest BCUT2D eigenvalue weighted by atomic mass is 9.94. The second-order valence-corrected chi connectivity index (χ2v) is 9.33. The summed E-state index contributed by atoms with van der Waals surface area (Å²) >= 11 is 6.24. The molecular formula is C27H36ClN3O5. The van der Waals surface area contributed by atoms with Gasteiger partial charge in [-0.1, -0.05) is 35.9 Å². The molecule has 3 N–H and O–H groups in total. The first-order valence-corrected chi connectivity index (χ1v) is 12.7. The highest BCUT2D eigenvalue weighted by molar-refractivity contribution is 6.30. The molecule has 2 aromatic carbocycles. The number of hydrogen-bond acceptors (Lipinski definition) is 6. The number of likely N-dealkylation sites (N-methyl/N-ethyl adjacent to an activating group) is 1. The van der Waals surface area contributed by atoms with Gasteiger partial charge in [0.15, 0.2) is 0 Å². The molecule has 1 aliphatic heterocycles. The molecule has 3 unspecified atom stereocenters. The molecule has 0 bridgehead atoms. The number of nitrogens with one attached hydrogen (secondary N) is 3. The lowest BCUT2D eigenvalue weighted by Gasteiger charge is -2.27. The lowest BCUT2D eigenvalue weighted by Crippen LogP contribution is -2.43. The van der Waals surface area contributed by atoms with Crippen molar-refractivity contribution >= 4 is 23.6 Å². The van der Waals surface area contributed by atoms with E-state index in [9.17, 15) is 9.59 Å². The number of carbonyl (C=O) groups is 2. The van der Waals surface area contributed by atoms with Gasteiger partial charge in [0.25, 0.3) is 5.91 Å². The monoisotopic (exact) mass is 517 g/mol. The van der Waals surface area contributed by atoms with E-state index in [1.807, 2.05) is 43.4 Å². The zero-order chi connectivity index (χ0) is 25.8. The van der Waals surface area contributed by atoms with Gasteiger partial charge >= 0.3 is 6.09 Å². The van der Waals surface area contributed by atoms with Gasteiger partial charge in [-0.2, -0.15) is 0 Å². The molecular weight excluding hydrogens is 482 g/mol. The van der Waals surface area contributed by atoms with Crippen molar-refractivity contribution in [3.63, 3.8) is 0 Å². The molecule has 2 amide bonds. The second-order valence-electron chi connectivity index (χ2n) is 8.90. The largest absolute Gasteiger partial charge is 0.453 e. The van der Waals surface area contributed by atoms with Gasteiger partial charge in [0.2, 0.25) is 0 Å². The normalized spacial score (nSPS) is 17.1. The van der Waals surface area contributed by atoms with Crippen LogP contribution in [0.2, 0.25) is 5.02 Å². The van der Waals surface area contributed by atoms with E-state index in [2.05, 4.69) is 20.7 Å². The second kappa shape index (κ2) is 14.8. The molecule has 2 aromatic rings. The van der Waals surface area contributed by atoms with E-state index in [0.717, 1.165) is 43.6 Å². The summed E-state index contributed by atoms with van der Waals surface area (Å²) in [4.78, 5) is 24.6. The summed E-state index contributed by atoms with van der Waals surface area (Å²) in [5.41, 5.74) is 2.22. The fraction of sp³-hybridized carbons (Fsp3) is 0.481. The molecule has 9 heteroatoms. The third-order valence-corrected chi connectivity index (χ3v) is 6.34. The van der Waals surface area contributed by atoms with Crippen molar-refractivity contribution in [1.82, 2.24) is 16.0 Å². The van der Waals surface area contributed by atoms with Crippen LogP contribution >= 0.6 is 11.6 Å². The van der Waals surface area contributed by atoms with Crippen LogP contribution in [-0.2, 0) is 14.2 Å². The highest BCUT2D eigenvalue weighted by Gasteiger charge is 2.22. The quantitative estimate of drug-likeness (QED) is 0.369. The zero-order valence-electron chi connectivity index (χ0n) is 20.9. The number of methoxy groups -OCH3 is 1. The molecule has 0 radical (unpaired) electrons. The minimum atomic E-state index is -0.521. The topological polar surface area (TPSA) is 97.9 Å². The van der Waals surface area contributed by atoms with Crippen LogP contribution in [0, 0.1) is 5.92 Å². The third-order valence-electron chi connectivity index (χ3n) is 6.10. The average molecular weight is 518 g/mol. The Morgan fingerprint density at radius 1 is 1.17 bits per heavy atom. The van der Waals surface area contributed by atoms with Crippen molar-refractivity contribution in [3.8, 4) is 0 Å². The number of rotatable bonds is 12. The summed E-state index contributed by atoms with van der Waals surface area (Å²) in [5, 5.41) is 9.57. The van der Waals surface area contributed by atoms with E-state index in [0.29, 0.717) is 23.0 Å². The third kappa shape index (κ3) is 8.78.